The molecule has 0 atom stereocenters. The fraction of sp³-hybridized carbons (Fsp3) is 0.448. The third-order valence-corrected chi connectivity index (χ3v) is 19.5. The molecular weight excluding hydrogens is 1620 g/mol. The number of carboxylic acid groups (broad SMARTS) is 2. The van der Waals surface area contributed by atoms with Crippen molar-refractivity contribution in [3.63, 3.8) is 0 Å². The molecule has 0 bridgehead atoms. The first-order chi connectivity index (χ1) is 45.2. The normalized spacial score (nSPS) is 16.9. The average Bonchev–Trinajstić information content (AvgIpc) is 0.817. The van der Waals surface area contributed by atoms with Gasteiger partial charge in [-0.15, -0.1) is 0 Å². The fourth-order valence-corrected chi connectivity index (χ4v) is 14.6. The Morgan fingerprint density at radius 1 is 0.381 bits per heavy atom. The molecule has 2 aliphatic rings. The van der Waals surface area contributed by atoms with E-state index in [-0.39, 0.29) is 195 Å². The minimum atomic E-state index is -4.44. The fourth-order valence-electron chi connectivity index (χ4n) is 10.8. The molecule has 529 valence electrons. The van der Waals surface area contributed by atoms with Crippen LogP contribution < -0.4 is 10.6 Å². The molecule has 6 aromatic rings. The molecule has 32 nitrogen and oxygen atoms in total. The maximum Gasteiger partial charge on any atom is 3.00 e. The van der Waals surface area contributed by atoms with Crippen molar-refractivity contribution < 1.29 is 127 Å². The molecule has 0 unspecified atom stereocenters. The predicted molar refractivity (Wildman–Crippen MR) is 366 cm³/mol. The first-order valence-corrected chi connectivity index (χ1v) is 39.0. The van der Waals surface area contributed by atoms with Gasteiger partial charge in [-0.05, 0) is 83.9 Å². The van der Waals surface area contributed by atoms with Crippen LogP contribution in [-0.4, -0.2) is 288 Å². The number of rotatable bonds is 24. The summed E-state index contributed by atoms with van der Waals surface area (Å²) in [7, 11) is -17.8. The molecule has 97 heavy (non-hydrogen) atoms. The molecule has 2 aliphatic heterocycles. The molecule has 39 heteroatoms. The Morgan fingerprint density at radius 3 is 0.897 bits per heavy atom. The van der Waals surface area contributed by atoms with Crippen molar-refractivity contribution in [2.24, 2.45) is 0 Å². The number of aliphatic carboxylic acids is 2. The Balaban J connectivity index is 0.000000303. The number of carboxylic acids is 2. The van der Waals surface area contributed by atoms with Crippen molar-refractivity contribution in [3.8, 4) is 0 Å². The van der Waals surface area contributed by atoms with E-state index < -0.39 is 67.5 Å². The smallest absolute Gasteiger partial charge is 0.480 e. The number of nitrogens with zero attached hydrogens (tertiary/aromatic N) is 12. The molecule has 1 radical (unpaired) electrons. The molecule has 0 spiro atoms. The standard InChI is InChI=1S/2C29H40BrN7O9P2.Gd/c2*30-23-2-4-24(5-3-23)33-29-26-6-1-22(16-27(26)31-19-32-29)15-25(38)17-34-7-11-36(20-47(41,42)43)13-9-35(18-28(39)40)10-14-37(12-8-34)21-48(44,45)46;/h2*1-6,16,19H,7-15,17-18,20-21H2,(H,39,40)(H,31,32,33)(H2,41,42,43)(H2,44,45,46);/q;;+3. The summed E-state index contributed by atoms with van der Waals surface area (Å²) in [5.74, 6) is -1.20. The van der Waals surface area contributed by atoms with Gasteiger partial charge >= 0.3 is 82.3 Å². The van der Waals surface area contributed by atoms with Gasteiger partial charge < -0.3 is 60.0 Å². The van der Waals surface area contributed by atoms with Crippen LogP contribution in [0.2, 0.25) is 0 Å². The number of hydrogen-bond donors (Lipinski definition) is 12. The first kappa shape index (κ1) is 82.0. The summed E-state index contributed by atoms with van der Waals surface area (Å²) in [6.45, 7) is 2.27. The summed E-state index contributed by atoms with van der Waals surface area (Å²) in [6.07, 6.45) is 0.951. The quantitative estimate of drug-likeness (QED) is 0.0385. The second kappa shape index (κ2) is 38.9. The van der Waals surface area contributed by atoms with Crippen molar-refractivity contribution in [1.29, 1.82) is 0 Å². The van der Waals surface area contributed by atoms with E-state index in [1.807, 2.05) is 94.7 Å². The molecule has 0 saturated carbocycles. The van der Waals surface area contributed by atoms with Gasteiger partial charge in [0.2, 0.25) is 0 Å². The zero-order chi connectivity index (χ0) is 69.8. The largest absolute Gasteiger partial charge is 3.00 e. The van der Waals surface area contributed by atoms with E-state index in [1.165, 1.54) is 12.7 Å². The van der Waals surface area contributed by atoms with E-state index in [0.29, 0.717) is 22.7 Å². The molecule has 0 amide bonds. The predicted octanol–water partition coefficient (Wildman–Crippen LogP) is 3.65. The van der Waals surface area contributed by atoms with Gasteiger partial charge in [-0.1, -0.05) is 44.0 Å². The topological polar surface area (TPSA) is 440 Å². The summed E-state index contributed by atoms with van der Waals surface area (Å²) in [4.78, 5) is 157. The van der Waals surface area contributed by atoms with Crippen molar-refractivity contribution in [2.45, 2.75) is 12.8 Å². The number of hydrogen-bond acceptors (Lipinski definition) is 22. The van der Waals surface area contributed by atoms with Crippen LogP contribution in [0.25, 0.3) is 21.8 Å². The number of Topliss-reactive ketones (excluding diaryl/α,β-unsaturated/α-hetero) is 2. The van der Waals surface area contributed by atoms with E-state index in [1.54, 1.807) is 29.4 Å². The molecule has 2 fully saturated rings. The van der Waals surface area contributed by atoms with E-state index in [2.05, 4.69) is 62.4 Å². The molecule has 0 aliphatic carbocycles. The Hall–Kier alpha value is -4.00. The zero-order valence-electron chi connectivity index (χ0n) is 52.6. The van der Waals surface area contributed by atoms with Crippen LogP contribution >= 0.6 is 62.2 Å². The summed E-state index contributed by atoms with van der Waals surface area (Å²) in [6, 6.07) is 26.3. The molecular formula is C58H80Br2GdN14O18P4+3. The van der Waals surface area contributed by atoms with E-state index >= 15 is 0 Å². The molecule has 2 saturated heterocycles. The van der Waals surface area contributed by atoms with E-state index in [4.69, 9.17) is 0 Å². The number of benzene rings is 4. The molecule has 2 aromatic heterocycles. The van der Waals surface area contributed by atoms with Crippen LogP contribution in [0, 0.1) is 39.9 Å². The first-order valence-electron chi connectivity index (χ1n) is 30.2. The van der Waals surface area contributed by atoms with E-state index in [9.17, 15) is 86.8 Å². The maximum absolute atomic E-state index is 13.4. The number of halogens is 2. The maximum atomic E-state index is 13.4. The number of anilines is 4. The molecule has 8 rings (SSSR count). The monoisotopic (exact) mass is 1700 g/mol. The van der Waals surface area contributed by atoms with Crippen molar-refractivity contribution >= 4 is 131 Å². The number of carbonyl (C=O) groups excluding carboxylic acids is 2. The van der Waals surface area contributed by atoms with Crippen molar-refractivity contribution in [2.75, 3.05) is 167 Å². The van der Waals surface area contributed by atoms with Crippen LogP contribution in [0.5, 0.6) is 0 Å². The van der Waals surface area contributed by atoms with Gasteiger partial charge in [0.15, 0.2) is 11.6 Å². The van der Waals surface area contributed by atoms with Crippen LogP contribution in [0.4, 0.5) is 23.0 Å². The van der Waals surface area contributed by atoms with Gasteiger partial charge in [-0.2, -0.15) is 0 Å². The van der Waals surface area contributed by atoms with Crippen molar-refractivity contribution in [1.82, 2.24) is 59.1 Å². The van der Waals surface area contributed by atoms with Crippen LogP contribution in [-0.2, 0) is 50.3 Å². The minimum absolute atomic E-state index is 0. The van der Waals surface area contributed by atoms with Crippen LogP contribution in [0.1, 0.15) is 11.1 Å². The van der Waals surface area contributed by atoms with Gasteiger partial charge in [0, 0.05) is 149 Å². The Labute approximate surface area is 608 Å². The van der Waals surface area contributed by atoms with Crippen LogP contribution in [0.15, 0.2) is 107 Å². The number of ketones is 2. The van der Waals surface area contributed by atoms with Gasteiger partial charge in [0.1, 0.15) is 49.4 Å². The Kier molecular flexibility index (Phi) is 32.8. The number of carbonyl (C=O) groups is 4. The zero-order valence-corrected chi connectivity index (χ0v) is 61.6. The summed E-state index contributed by atoms with van der Waals surface area (Å²) >= 11 is 6.84. The second-order valence-corrected chi connectivity index (χ2v) is 31.7. The number of fused-ring (bicyclic) bond motifs is 2. The molecule has 4 aromatic carbocycles. The third-order valence-electron chi connectivity index (χ3n) is 15.3. The molecule has 12 N–H and O–H groups in total. The number of nitrogens with one attached hydrogen (secondary N) is 2. The SMILES string of the molecule is O=C(O)CN1CCN(CP(=O)(O)O)CCN(CC(=O)Cc2ccc3c(Nc4ccc(Br)cc4)ncnc3c2)CCN(CP(=O)(O)O)CC1.O=C(O)CN1CCN(CP(=O)(O)O)CCN(CC(=O)Cc2ccc3c(Nc4ccc(Br)cc4)ncnc3c2)CCN(CP(=O)(O)O)CC1.[Gd+3]. The average molecular weight is 1700 g/mol. The second-order valence-electron chi connectivity index (χ2n) is 23.4. The summed E-state index contributed by atoms with van der Waals surface area (Å²) in [5, 5.41) is 26.8. The Bertz CT molecular complexity index is 3490. The van der Waals surface area contributed by atoms with Gasteiger partial charge in [0.05, 0.1) is 37.2 Å². The minimum Gasteiger partial charge on any atom is -0.480 e. The van der Waals surface area contributed by atoms with Gasteiger partial charge in [-0.3, -0.25) is 76.6 Å². The van der Waals surface area contributed by atoms with Crippen molar-refractivity contribution in [3.05, 3.63) is 118 Å². The third kappa shape index (κ3) is 31.4. The van der Waals surface area contributed by atoms with Crippen LogP contribution in [0.3, 0.4) is 0 Å². The Morgan fingerprint density at radius 2 is 0.639 bits per heavy atom. The number of aromatic nitrogens is 4. The van der Waals surface area contributed by atoms with Gasteiger partial charge in [-0.25, -0.2) is 19.9 Å². The summed E-state index contributed by atoms with van der Waals surface area (Å²) in [5.41, 5.74) is 4.47. The van der Waals surface area contributed by atoms with Gasteiger partial charge in [0.25, 0.3) is 0 Å². The summed E-state index contributed by atoms with van der Waals surface area (Å²) < 4.78 is 49.4. The van der Waals surface area contributed by atoms with E-state index in [0.717, 1.165) is 42.2 Å². The molecule has 4 heterocycles.